The lowest BCUT2D eigenvalue weighted by atomic mass is 10.2. The van der Waals surface area contributed by atoms with Crippen LogP contribution in [0.5, 0.6) is 0 Å². The molecule has 9 heavy (non-hydrogen) atoms. The van der Waals surface area contributed by atoms with Gasteiger partial charge in [-0.25, -0.2) is 0 Å². The first kappa shape index (κ1) is 6.36. The van der Waals surface area contributed by atoms with Crippen molar-refractivity contribution in [1.29, 1.82) is 0 Å². The number of aliphatic hydroxyl groups excluding tert-OH is 1. The highest BCUT2D eigenvalue weighted by molar-refractivity contribution is 7.10. The van der Waals surface area contributed by atoms with Gasteiger partial charge in [-0.3, -0.25) is 0 Å². The van der Waals surface area contributed by atoms with Crippen LogP contribution in [0.4, 0.5) is 0 Å². The molecule has 0 spiro atoms. The standard InChI is InChI=1S/C7H8OS/c1-5(8)7-3-4-9-6(7)2/h3-4,8H,1H2,2H3. The summed E-state index contributed by atoms with van der Waals surface area (Å²) in [6, 6.07) is 1.86. The Hall–Kier alpha value is -0.760. The lowest BCUT2D eigenvalue weighted by Crippen LogP contribution is -1.76. The lowest BCUT2D eigenvalue weighted by molar-refractivity contribution is 0.513. The van der Waals surface area contributed by atoms with Crippen molar-refractivity contribution in [2.24, 2.45) is 0 Å². The third-order valence-electron chi connectivity index (χ3n) is 1.17. The number of hydrogen-bond donors (Lipinski definition) is 1. The van der Waals surface area contributed by atoms with E-state index in [1.54, 1.807) is 11.3 Å². The summed E-state index contributed by atoms with van der Waals surface area (Å²) in [6.45, 7) is 5.38. The normalized spacial score (nSPS) is 9.44. The van der Waals surface area contributed by atoms with E-state index < -0.39 is 0 Å². The monoisotopic (exact) mass is 140 g/mol. The van der Waals surface area contributed by atoms with Gasteiger partial charge in [-0.05, 0) is 18.4 Å². The van der Waals surface area contributed by atoms with Crippen molar-refractivity contribution in [2.75, 3.05) is 0 Å². The summed E-state index contributed by atoms with van der Waals surface area (Å²) in [4.78, 5) is 1.11. The summed E-state index contributed by atoms with van der Waals surface area (Å²) < 4.78 is 0. The van der Waals surface area contributed by atoms with Crippen LogP contribution in [-0.4, -0.2) is 5.11 Å². The second-order valence-electron chi connectivity index (χ2n) is 1.84. The van der Waals surface area contributed by atoms with Gasteiger partial charge < -0.3 is 5.11 Å². The average molecular weight is 140 g/mol. The van der Waals surface area contributed by atoms with E-state index in [9.17, 15) is 0 Å². The summed E-state index contributed by atoms with van der Waals surface area (Å²) >= 11 is 1.61. The third-order valence-corrected chi connectivity index (χ3v) is 2.02. The molecule has 0 bridgehead atoms. The summed E-state index contributed by atoms with van der Waals surface area (Å²) in [5.74, 6) is 0.161. The fourth-order valence-electron chi connectivity index (χ4n) is 0.684. The Morgan fingerprint density at radius 1 is 1.78 bits per heavy atom. The predicted octanol–water partition coefficient (Wildman–Crippen LogP) is 2.59. The first-order chi connectivity index (χ1) is 4.22. The molecule has 0 radical (unpaired) electrons. The minimum absolute atomic E-state index is 0.161. The van der Waals surface area contributed by atoms with Gasteiger partial charge in [0.2, 0.25) is 0 Å². The maximum absolute atomic E-state index is 8.91. The molecule has 0 unspecified atom stereocenters. The lowest BCUT2D eigenvalue weighted by Gasteiger charge is -1.92. The van der Waals surface area contributed by atoms with Crippen LogP contribution in [0.3, 0.4) is 0 Å². The molecule has 48 valence electrons. The van der Waals surface area contributed by atoms with Crippen molar-refractivity contribution < 1.29 is 5.11 Å². The average Bonchev–Trinajstić information content (AvgIpc) is 2.13. The zero-order valence-corrected chi connectivity index (χ0v) is 6.03. The maximum Gasteiger partial charge on any atom is 0.116 e. The van der Waals surface area contributed by atoms with Crippen molar-refractivity contribution >= 4 is 17.1 Å². The summed E-state index contributed by atoms with van der Waals surface area (Å²) in [5.41, 5.74) is 0.861. The molecule has 1 heterocycles. The SMILES string of the molecule is C=C(O)c1ccsc1C. The molecule has 0 amide bonds. The number of hydrogen-bond acceptors (Lipinski definition) is 2. The van der Waals surface area contributed by atoms with Gasteiger partial charge >= 0.3 is 0 Å². The van der Waals surface area contributed by atoms with Crippen LogP contribution in [0.25, 0.3) is 5.76 Å². The summed E-state index contributed by atoms with van der Waals surface area (Å²) in [7, 11) is 0. The molecule has 0 atom stereocenters. The van der Waals surface area contributed by atoms with E-state index in [-0.39, 0.29) is 5.76 Å². The largest absolute Gasteiger partial charge is 0.508 e. The number of thiophene rings is 1. The first-order valence-electron chi connectivity index (χ1n) is 2.64. The molecule has 0 saturated carbocycles. The molecule has 0 aromatic carbocycles. The van der Waals surface area contributed by atoms with Crippen LogP contribution in [0.15, 0.2) is 18.0 Å². The van der Waals surface area contributed by atoms with Crippen molar-refractivity contribution in [1.82, 2.24) is 0 Å². The highest BCUT2D eigenvalue weighted by atomic mass is 32.1. The van der Waals surface area contributed by atoms with Gasteiger partial charge in [-0.1, -0.05) is 6.58 Å². The fraction of sp³-hybridized carbons (Fsp3) is 0.143. The Morgan fingerprint density at radius 2 is 2.44 bits per heavy atom. The van der Waals surface area contributed by atoms with Crippen LogP contribution in [0.2, 0.25) is 0 Å². The number of aryl methyl sites for hydroxylation is 1. The van der Waals surface area contributed by atoms with E-state index in [1.165, 1.54) is 0 Å². The van der Waals surface area contributed by atoms with E-state index in [2.05, 4.69) is 6.58 Å². The topological polar surface area (TPSA) is 20.2 Å². The summed E-state index contributed by atoms with van der Waals surface area (Å²) in [6.07, 6.45) is 0. The van der Waals surface area contributed by atoms with Gasteiger partial charge in [0.25, 0.3) is 0 Å². The molecule has 0 aliphatic carbocycles. The molecular formula is C7H8OS. The van der Waals surface area contributed by atoms with Crippen LogP contribution in [-0.2, 0) is 0 Å². The van der Waals surface area contributed by atoms with Crippen LogP contribution < -0.4 is 0 Å². The van der Waals surface area contributed by atoms with Gasteiger partial charge in [0.15, 0.2) is 0 Å². The van der Waals surface area contributed by atoms with E-state index in [0.29, 0.717) is 0 Å². The van der Waals surface area contributed by atoms with Gasteiger partial charge in [-0.2, -0.15) is 0 Å². The van der Waals surface area contributed by atoms with Gasteiger partial charge in [0.1, 0.15) is 5.76 Å². The molecular weight excluding hydrogens is 132 g/mol. The first-order valence-corrected chi connectivity index (χ1v) is 3.52. The molecule has 1 aromatic rings. The Bertz CT molecular complexity index is 225. The van der Waals surface area contributed by atoms with E-state index in [0.717, 1.165) is 10.4 Å². The Balaban J connectivity index is 3.08. The summed E-state index contributed by atoms with van der Waals surface area (Å²) in [5, 5.41) is 10.8. The maximum atomic E-state index is 8.91. The van der Waals surface area contributed by atoms with E-state index in [1.807, 2.05) is 18.4 Å². The predicted molar refractivity (Wildman–Crippen MR) is 40.7 cm³/mol. The third kappa shape index (κ3) is 1.13. The Morgan fingerprint density at radius 3 is 2.67 bits per heavy atom. The number of aliphatic hydroxyl groups is 1. The second-order valence-corrected chi connectivity index (χ2v) is 2.96. The quantitative estimate of drug-likeness (QED) is 0.594. The van der Waals surface area contributed by atoms with Crippen molar-refractivity contribution in [3.63, 3.8) is 0 Å². The molecule has 0 aliphatic rings. The highest BCUT2D eigenvalue weighted by Crippen LogP contribution is 2.19. The molecule has 0 fully saturated rings. The zero-order valence-electron chi connectivity index (χ0n) is 5.22. The molecule has 1 aromatic heterocycles. The molecule has 1 N–H and O–H groups in total. The van der Waals surface area contributed by atoms with Crippen LogP contribution in [0, 0.1) is 6.92 Å². The van der Waals surface area contributed by atoms with Gasteiger partial charge in [0, 0.05) is 10.4 Å². The molecule has 0 saturated heterocycles. The highest BCUT2D eigenvalue weighted by Gasteiger charge is 1.99. The zero-order chi connectivity index (χ0) is 6.85. The molecule has 1 nitrogen and oxygen atoms in total. The fourth-order valence-corrected chi connectivity index (χ4v) is 1.41. The van der Waals surface area contributed by atoms with Crippen LogP contribution in [0.1, 0.15) is 10.4 Å². The van der Waals surface area contributed by atoms with Crippen molar-refractivity contribution in [3.8, 4) is 0 Å². The van der Waals surface area contributed by atoms with Crippen molar-refractivity contribution in [2.45, 2.75) is 6.92 Å². The van der Waals surface area contributed by atoms with Gasteiger partial charge in [-0.15, -0.1) is 11.3 Å². The minimum Gasteiger partial charge on any atom is -0.508 e. The van der Waals surface area contributed by atoms with Gasteiger partial charge in [0.05, 0.1) is 0 Å². The smallest absolute Gasteiger partial charge is 0.116 e. The van der Waals surface area contributed by atoms with Crippen molar-refractivity contribution in [3.05, 3.63) is 28.5 Å². The second kappa shape index (κ2) is 2.23. The minimum atomic E-state index is 0.161. The Labute approximate surface area is 58.3 Å². The molecule has 1 rings (SSSR count). The molecule has 0 aliphatic heterocycles. The number of rotatable bonds is 1. The Kier molecular flexibility index (Phi) is 1.58. The van der Waals surface area contributed by atoms with E-state index >= 15 is 0 Å². The molecule has 2 heteroatoms. The van der Waals surface area contributed by atoms with Crippen LogP contribution >= 0.6 is 11.3 Å². The van der Waals surface area contributed by atoms with E-state index in [4.69, 9.17) is 5.11 Å².